The number of Topliss-reactive ketones (excluding diaryl/α,β-unsaturated/α-hetero) is 1. The number of allylic oxidation sites excluding steroid dienone is 2. The van der Waals surface area contributed by atoms with Crippen molar-refractivity contribution in [2.75, 3.05) is 13.2 Å². The molecule has 5 rings (SSSR count). The first-order valence-corrected chi connectivity index (χ1v) is 8.58. The SMILES string of the molecule is O=C1C(Br)=C[C@H]2[C@H]1[C@H]1[C@@H]3CC[C@H]3[C@@]2(Br)C12OCCO2. The summed E-state index contributed by atoms with van der Waals surface area (Å²) in [7, 11) is 0. The largest absolute Gasteiger partial charge is 0.346 e. The van der Waals surface area contributed by atoms with Crippen molar-refractivity contribution in [1.29, 1.82) is 0 Å². The standard InChI is InChI=1S/C14H14Br2O3/c15-9-5-8-10(12(9)17)11-6-1-2-7(6)13(8,16)14(11)18-3-4-19-14/h5-8,10-11H,1-4H2/t6-,7-,8+,10+,11-,13+/m1/s1. The maximum atomic E-state index is 12.5. The van der Waals surface area contributed by atoms with Crippen molar-refractivity contribution in [1.82, 2.24) is 0 Å². The molecule has 6 atom stereocenters. The van der Waals surface area contributed by atoms with E-state index in [1.54, 1.807) is 0 Å². The van der Waals surface area contributed by atoms with E-state index < -0.39 is 5.79 Å². The Balaban J connectivity index is 1.74. The molecule has 0 N–H and O–H groups in total. The molecule has 0 aromatic rings. The molecule has 4 aliphatic carbocycles. The van der Waals surface area contributed by atoms with E-state index in [9.17, 15) is 4.79 Å². The Hall–Kier alpha value is 0.290. The second-order valence-electron chi connectivity index (χ2n) is 6.44. The van der Waals surface area contributed by atoms with Crippen LogP contribution in [0.15, 0.2) is 10.6 Å². The minimum atomic E-state index is -0.548. The van der Waals surface area contributed by atoms with Crippen molar-refractivity contribution >= 4 is 37.6 Å². The third-order valence-corrected chi connectivity index (χ3v) is 8.47. The number of hydrogen-bond acceptors (Lipinski definition) is 3. The first-order valence-electron chi connectivity index (χ1n) is 6.99. The molecule has 5 aliphatic rings. The van der Waals surface area contributed by atoms with Crippen molar-refractivity contribution in [3.8, 4) is 0 Å². The molecule has 1 aliphatic heterocycles. The third kappa shape index (κ3) is 1.01. The van der Waals surface area contributed by atoms with E-state index in [1.165, 1.54) is 12.8 Å². The molecule has 1 spiro atoms. The van der Waals surface area contributed by atoms with Gasteiger partial charge in [0.15, 0.2) is 11.6 Å². The Morgan fingerprint density at radius 1 is 1.26 bits per heavy atom. The summed E-state index contributed by atoms with van der Waals surface area (Å²) >= 11 is 7.45. The quantitative estimate of drug-likeness (QED) is 0.597. The Labute approximate surface area is 128 Å². The van der Waals surface area contributed by atoms with Gasteiger partial charge in [0.25, 0.3) is 0 Å². The lowest BCUT2D eigenvalue weighted by Crippen LogP contribution is -2.52. The van der Waals surface area contributed by atoms with E-state index in [2.05, 4.69) is 37.9 Å². The predicted octanol–water partition coefficient (Wildman–Crippen LogP) is 2.63. The van der Waals surface area contributed by atoms with Crippen LogP contribution in [0, 0.1) is 29.6 Å². The van der Waals surface area contributed by atoms with Gasteiger partial charge in [-0.2, -0.15) is 0 Å². The van der Waals surface area contributed by atoms with Crippen LogP contribution >= 0.6 is 31.9 Å². The van der Waals surface area contributed by atoms with Gasteiger partial charge in [-0.3, -0.25) is 4.79 Å². The molecule has 3 saturated carbocycles. The minimum Gasteiger partial charge on any atom is -0.346 e. The number of rotatable bonds is 0. The molecule has 1 saturated heterocycles. The van der Waals surface area contributed by atoms with Gasteiger partial charge in [0.05, 0.1) is 22.0 Å². The zero-order valence-corrected chi connectivity index (χ0v) is 13.4. The molecule has 4 fully saturated rings. The fourth-order valence-electron chi connectivity index (χ4n) is 5.53. The molecule has 102 valence electrons. The minimum absolute atomic E-state index is 0.0494. The van der Waals surface area contributed by atoms with Crippen LogP contribution in [0.5, 0.6) is 0 Å². The van der Waals surface area contributed by atoms with Crippen molar-refractivity contribution < 1.29 is 14.3 Å². The molecule has 1 heterocycles. The Morgan fingerprint density at radius 3 is 2.63 bits per heavy atom. The lowest BCUT2D eigenvalue weighted by atomic mass is 9.59. The summed E-state index contributed by atoms with van der Waals surface area (Å²) in [6.07, 6.45) is 4.54. The van der Waals surface area contributed by atoms with Crippen LogP contribution in [0.2, 0.25) is 0 Å². The topological polar surface area (TPSA) is 35.5 Å². The zero-order valence-electron chi connectivity index (χ0n) is 10.3. The average molecular weight is 390 g/mol. The molecular weight excluding hydrogens is 376 g/mol. The van der Waals surface area contributed by atoms with E-state index in [-0.39, 0.29) is 27.9 Å². The van der Waals surface area contributed by atoms with Crippen LogP contribution in [-0.4, -0.2) is 29.1 Å². The molecular formula is C14H14Br2O3. The Kier molecular flexibility index (Phi) is 2.11. The predicted molar refractivity (Wildman–Crippen MR) is 75.0 cm³/mol. The van der Waals surface area contributed by atoms with E-state index in [4.69, 9.17) is 9.47 Å². The lowest BCUT2D eigenvalue weighted by Gasteiger charge is -2.47. The maximum absolute atomic E-state index is 12.5. The highest BCUT2D eigenvalue weighted by molar-refractivity contribution is 9.12. The fourth-order valence-corrected chi connectivity index (χ4v) is 7.56. The maximum Gasteiger partial charge on any atom is 0.188 e. The van der Waals surface area contributed by atoms with Crippen LogP contribution in [0.1, 0.15) is 12.8 Å². The summed E-state index contributed by atoms with van der Waals surface area (Å²) < 4.78 is 12.8. The first kappa shape index (κ1) is 11.9. The Bertz CT molecular complexity index is 525. The van der Waals surface area contributed by atoms with Gasteiger partial charge in [0.2, 0.25) is 0 Å². The number of ketones is 1. The highest BCUT2D eigenvalue weighted by atomic mass is 79.9. The van der Waals surface area contributed by atoms with Gasteiger partial charge >= 0.3 is 0 Å². The highest BCUT2D eigenvalue weighted by Gasteiger charge is 2.84. The van der Waals surface area contributed by atoms with Crippen molar-refractivity contribution in [2.45, 2.75) is 23.0 Å². The van der Waals surface area contributed by atoms with Crippen LogP contribution in [-0.2, 0) is 14.3 Å². The second-order valence-corrected chi connectivity index (χ2v) is 8.60. The smallest absolute Gasteiger partial charge is 0.188 e. The molecule has 0 amide bonds. The summed E-state index contributed by atoms with van der Waals surface area (Å²) in [6.45, 7) is 1.31. The van der Waals surface area contributed by atoms with Crippen molar-refractivity contribution in [3.05, 3.63) is 10.6 Å². The number of fused-ring (bicyclic) bond motifs is 6. The van der Waals surface area contributed by atoms with Gasteiger partial charge in [-0.1, -0.05) is 22.0 Å². The van der Waals surface area contributed by atoms with Crippen LogP contribution < -0.4 is 0 Å². The van der Waals surface area contributed by atoms with Gasteiger partial charge in [-0.05, 0) is 40.6 Å². The van der Waals surface area contributed by atoms with Gasteiger partial charge in [0.1, 0.15) is 0 Å². The van der Waals surface area contributed by atoms with Crippen LogP contribution in [0.4, 0.5) is 0 Å². The van der Waals surface area contributed by atoms with E-state index in [1.807, 2.05) is 0 Å². The van der Waals surface area contributed by atoms with Gasteiger partial charge in [-0.25, -0.2) is 0 Å². The van der Waals surface area contributed by atoms with Gasteiger partial charge in [-0.15, -0.1) is 0 Å². The third-order valence-electron chi connectivity index (χ3n) is 6.14. The highest BCUT2D eigenvalue weighted by Crippen LogP contribution is 2.78. The lowest BCUT2D eigenvalue weighted by molar-refractivity contribution is -0.187. The summed E-state index contributed by atoms with van der Waals surface area (Å²) in [5.74, 6) is 1.40. The number of alkyl halides is 1. The molecule has 0 aromatic heterocycles. The molecule has 2 bridgehead atoms. The normalized spacial score (nSPS) is 56.2. The number of ether oxygens (including phenoxy) is 2. The molecule has 0 unspecified atom stereocenters. The monoisotopic (exact) mass is 388 g/mol. The summed E-state index contributed by atoms with van der Waals surface area (Å²) in [6, 6.07) is 0. The van der Waals surface area contributed by atoms with E-state index in [0.29, 0.717) is 25.0 Å². The second kappa shape index (κ2) is 3.37. The number of halogens is 2. The summed E-state index contributed by atoms with van der Waals surface area (Å²) in [5, 5.41) is 0. The van der Waals surface area contributed by atoms with Gasteiger partial charge < -0.3 is 9.47 Å². The zero-order chi connectivity index (χ0) is 13.0. The molecule has 0 radical (unpaired) electrons. The number of carbonyl (C=O) groups is 1. The van der Waals surface area contributed by atoms with Crippen LogP contribution in [0.25, 0.3) is 0 Å². The Morgan fingerprint density at radius 2 is 2.00 bits per heavy atom. The summed E-state index contributed by atoms with van der Waals surface area (Å²) in [5.41, 5.74) is 0. The number of hydrogen-bond donors (Lipinski definition) is 0. The fraction of sp³-hybridized carbons (Fsp3) is 0.786. The summed E-state index contributed by atoms with van der Waals surface area (Å²) in [4.78, 5) is 12.5. The molecule has 0 aromatic carbocycles. The molecule has 3 nitrogen and oxygen atoms in total. The average Bonchev–Trinajstić information content (AvgIpc) is 2.99. The van der Waals surface area contributed by atoms with E-state index in [0.717, 1.165) is 4.48 Å². The van der Waals surface area contributed by atoms with Crippen molar-refractivity contribution in [3.63, 3.8) is 0 Å². The molecule has 19 heavy (non-hydrogen) atoms. The molecule has 5 heteroatoms. The van der Waals surface area contributed by atoms with Crippen LogP contribution in [0.3, 0.4) is 0 Å². The van der Waals surface area contributed by atoms with Gasteiger partial charge in [0, 0.05) is 17.8 Å². The number of carbonyl (C=O) groups excluding carboxylic acids is 1. The van der Waals surface area contributed by atoms with Crippen molar-refractivity contribution in [2.24, 2.45) is 29.6 Å². The first-order chi connectivity index (χ1) is 9.11. The van der Waals surface area contributed by atoms with E-state index >= 15 is 0 Å².